The lowest BCUT2D eigenvalue weighted by Crippen LogP contribution is -2.16. The van der Waals surface area contributed by atoms with Crippen LogP contribution in [0.1, 0.15) is 0 Å². The first-order chi connectivity index (χ1) is 4.54. The third kappa shape index (κ3) is 3.62. The van der Waals surface area contributed by atoms with E-state index in [1.807, 2.05) is 0 Å². The molecule has 0 aliphatic carbocycles. The normalized spacial score (nSPS) is 13.3. The van der Waals surface area contributed by atoms with Crippen LogP contribution in [0.4, 0.5) is 0 Å². The van der Waals surface area contributed by atoms with Crippen molar-refractivity contribution in [2.75, 3.05) is 0 Å². The van der Waals surface area contributed by atoms with E-state index in [0.717, 1.165) is 0 Å². The average Bonchev–Trinajstić information content (AvgIpc) is 1.82. The molecule has 5 heteroatoms. The van der Waals surface area contributed by atoms with Crippen LogP contribution in [-0.2, 0) is 9.59 Å². The van der Waals surface area contributed by atoms with Crippen LogP contribution >= 0.6 is 0 Å². The molecule has 0 aromatic rings. The summed E-state index contributed by atoms with van der Waals surface area (Å²) >= 11 is 0. The molecule has 10 heavy (non-hydrogen) atoms. The smallest absolute Gasteiger partial charge is 0.336 e. The Morgan fingerprint density at radius 1 is 1.30 bits per heavy atom. The minimum atomic E-state index is -1.74. The molecule has 0 radical (unpaired) electrons. The summed E-state index contributed by atoms with van der Waals surface area (Å²) < 4.78 is 0. The first-order valence-corrected chi connectivity index (χ1v) is 2.36. The standard InChI is InChI=1S/C5H6O5/c6-3(5(9)10)1-2-4(7)8/h1-3,6H,(H,7,8)(H,9,10)/b2-1-. The topological polar surface area (TPSA) is 94.8 Å². The molecule has 0 amide bonds. The van der Waals surface area contributed by atoms with E-state index in [1.165, 1.54) is 0 Å². The van der Waals surface area contributed by atoms with Gasteiger partial charge < -0.3 is 15.3 Å². The summed E-state index contributed by atoms with van der Waals surface area (Å²) in [6.07, 6.45) is -0.500. The fourth-order valence-corrected chi connectivity index (χ4v) is 0.256. The lowest BCUT2D eigenvalue weighted by molar-refractivity contribution is -0.144. The molecule has 56 valence electrons. The number of hydrogen-bond donors (Lipinski definition) is 3. The molecular weight excluding hydrogens is 140 g/mol. The van der Waals surface area contributed by atoms with Crippen molar-refractivity contribution in [3.8, 4) is 0 Å². The zero-order valence-corrected chi connectivity index (χ0v) is 4.89. The molecule has 0 heterocycles. The average molecular weight is 146 g/mol. The molecule has 0 spiro atoms. The number of aliphatic carboxylic acids is 2. The second kappa shape index (κ2) is 3.62. The second-order valence-corrected chi connectivity index (χ2v) is 1.48. The SMILES string of the molecule is O=C(O)/C=C\C(O)C(=O)O. The quantitative estimate of drug-likeness (QED) is 0.447. The third-order valence-electron chi connectivity index (χ3n) is 0.674. The zero-order valence-electron chi connectivity index (χ0n) is 4.89. The van der Waals surface area contributed by atoms with E-state index in [-0.39, 0.29) is 0 Å². The predicted octanol–water partition coefficient (Wildman–Crippen LogP) is -0.927. The molecule has 0 fully saturated rings. The number of carboxylic acid groups (broad SMARTS) is 2. The predicted molar refractivity (Wildman–Crippen MR) is 30.4 cm³/mol. The van der Waals surface area contributed by atoms with Crippen LogP contribution in [-0.4, -0.2) is 33.4 Å². The van der Waals surface area contributed by atoms with Crippen molar-refractivity contribution in [1.29, 1.82) is 0 Å². The van der Waals surface area contributed by atoms with Crippen molar-refractivity contribution in [3.63, 3.8) is 0 Å². The summed E-state index contributed by atoms with van der Waals surface area (Å²) in [5.41, 5.74) is 0. The van der Waals surface area contributed by atoms with Gasteiger partial charge in [0.15, 0.2) is 6.10 Å². The Morgan fingerprint density at radius 3 is 2.10 bits per heavy atom. The molecule has 1 unspecified atom stereocenters. The minimum Gasteiger partial charge on any atom is -0.479 e. The molecule has 0 aliphatic heterocycles. The molecule has 0 saturated carbocycles. The van der Waals surface area contributed by atoms with E-state index in [0.29, 0.717) is 12.2 Å². The number of hydrogen-bond acceptors (Lipinski definition) is 3. The van der Waals surface area contributed by atoms with Crippen molar-refractivity contribution in [2.24, 2.45) is 0 Å². The number of rotatable bonds is 3. The Balaban J connectivity index is 3.89. The molecular formula is C5H6O5. The van der Waals surface area contributed by atoms with E-state index in [1.54, 1.807) is 0 Å². The van der Waals surface area contributed by atoms with Crippen LogP contribution in [0.2, 0.25) is 0 Å². The molecule has 1 atom stereocenters. The molecule has 5 nitrogen and oxygen atoms in total. The molecule has 0 aliphatic rings. The van der Waals surface area contributed by atoms with E-state index in [9.17, 15) is 9.59 Å². The fourth-order valence-electron chi connectivity index (χ4n) is 0.256. The minimum absolute atomic E-state index is 0.568. The van der Waals surface area contributed by atoms with Gasteiger partial charge in [-0.2, -0.15) is 0 Å². The highest BCUT2D eigenvalue weighted by molar-refractivity contribution is 5.82. The van der Waals surface area contributed by atoms with Crippen molar-refractivity contribution >= 4 is 11.9 Å². The zero-order chi connectivity index (χ0) is 8.15. The fraction of sp³-hybridized carbons (Fsp3) is 0.200. The van der Waals surface area contributed by atoms with Crippen molar-refractivity contribution in [2.45, 2.75) is 6.10 Å². The van der Waals surface area contributed by atoms with Gasteiger partial charge in [-0.15, -0.1) is 0 Å². The molecule has 0 aromatic heterocycles. The third-order valence-corrected chi connectivity index (χ3v) is 0.674. The van der Waals surface area contributed by atoms with Crippen molar-refractivity contribution in [3.05, 3.63) is 12.2 Å². The number of carboxylic acids is 2. The van der Waals surface area contributed by atoms with E-state index < -0.39 is 18.0 Å². The lowest BCUT2D eigenvalue weighted by Gasteiger charge is -1.93. The van der Waals surface area contributed by atoms with Gasteiger partial charge in [0.1, 0.15) is 0 Å². The molecule has 0 rings (SSSR count). The summed E-state index contributed by atoms with van der Waals surface area (Å²) in [4.78, 5) is 19.6. The Hall–Kier alpha value is -1.36. The monoisotopic (exact) mass is 146 g/mol. The highest BCUT2D eigenvalue weighted by Gasteiger charge is 2.07. The maximum absolute atomic E-state index is 9.82. The highest BCUT2D eigenvalue weighted by atomic mass is 16.4. The summed E-state index contributed by atoms with van der Waals surface area (Å²) in [6, 6.07) is 0. The van der Waals surface area contributed by atoms with Crippen LogP contribution in [0.3, 0.4) is 0 Å². The number of aliphatic hydroxyl groups is 1. The summed E-state index contributed by atoms with van der Waals surface area (Å²) in [7, 11) is 0. The van der Waals surface area contributed by atoms with Crippen LogP contribution < -0.4 is 0 Å². The summed E-state index contributed by atoms with van der Waals surface area (Å²) in [5, 5.41) is 24.4. The van der Waals surface area contributed by atoms with E-state index >= 15 is 0 Å². The first kappa shape index (κ1) is 8.64. The van der Waals surface area contributed by atoms with Crippen LogP contribution in [0, 0.1) is 0 Å². The van der Waals surface area contributed by atoms with Gasteiger partial charge in [-0.1, -0.05) is 0 Å². The van der Waals surface area contributed by atoms with Gasteiger partial charge in [-0.3, -0.25) is 0 Å². The van der Waals surface area contributed by atoms with Gasteiger partial charge in [0.2, 0.25) is 0 Å². The largest absolute Gasteiger partial charge is 0.479 e. The summed E-state index contributed by atoms with van der Waals surface area (Å²) in [6.45, 7) is 0. The Kier molecular flexibility index (Phi) is 3.13. The van der Waals surface area contributed by atoms with Gasteiger partial charge in [-0.25, -0.2) is 9.59 Å². The second-order valence-electron chi connectivity index (χ2n) is 1.48. The van der Waals surface area contributed by atoms with Gasteiger partial charge in [-0.05, 0) is 6.08 Å². The first-order valence-electron chi connectivity index (χ1n) is 2.36. The van der Waals surface area contributed by atoms with Crippen molar-refractivity contribution < 1.29 is 24.9 Å². The highest BCUT2D eigenvalue weighted by Crippen LogP contribution is 1.84. The van der Waals surface area contributed by atoms with Crippen LogP contribution in [0.5, 0.6) is 0 Å². The lowest BCUT2D eigenvalue weighted by atomic mass is 10.3. The Labute approximate surface area is 56.2 Å². The van der Waals surface area contributed by atoms with Gasteiger partial charge in [0, 0.05) is 6.08 Å². The Morgan fingerprint density at radius 2 is 1.80 bits per heavy atom. The van der Waals surface area contributed by atoms with Gasteiger partial charge >= 0.3 is 11.9 Å². The maximum Gasteiger partial charge on any atom is 0.336 e. The van der Waals surface area contributed by atoms with Crippen LogP contribution in [0.25, 0.3) is 0 Å². The number of carbonyl (C=O) groups is 2. The van der Waals surface area contributed by atoms with Gasteiger partial charge in [0.25, 0.3) is 0 Å². The van der Waals surface area contributed by atoms with E-state index in [4.69, 9.17) is 15.3 Å². The van der Waals surface area contributed by atoms with Crippen LogP contribution in [0.15, 0.2) is 12.2 Å². The summed E-state index contributed by atoms with van der Waals surface area (Å²) in [5.74, 6) is -2.77. The molecule has 0 bridgehead atoms. The van der Waals surface area contributed by atoms with E-state index in [2.05, 4.69) is 0 Å². The Bertz CT molecular complexity index is 171. The molecule has 3 N–H and O–H groups in total. The maximum atomic E-state index is 9.82. The van der Waals surface area contributed by atoms with Gasteiger partial charge in [0.05, 0.1) is 0 Å². The molecule has 0 aromatic carbocycles. The van der Waals surface area contributed by atoms with Crippen molar-refractivity contribution in [1.82, 2.24) is 0 Å². The molecule has 0 saturated heterocycles. The number of aliphatic hydroxyl groups excluding tert-OH is 1.